The van der Waals surface area contributed by atoms with Gasteiger partial charge in [-0.15, -0.1) is 0 Å². The highest BCUT2D eigenvalue weighted by Gasteiger charge is 2.37. The Morgan fingerprint density at radius 1 is 0.431 bits per heavy atom. The average molecular weight is 763 g/mol. The van der Waals surface area contributed by atoms with E-state index in [-0.39, 0.29) is 22.3 Å². The van der Waals surface area contributed by atoms with Crippen LogP contribution in [0.3, 0.4) is 0 Å². The van der Waals surface area contributed by atoms with E-state index in [1.165, 1.54) is 0 Å². The highest BCUT2D eigenvalue weighted by atomic mass is 16.2. The van der Waals surface area contributed by atoms with E-state index in [4.69, 9.17) is 9.98 Å². The maximum atomic E-state index is 13.4. The summed E-state index contributed by atoms with van der Waals surface area (Å²) in [5, 5.41) is 7.95. The van der Waals surface area contributed by atoms with Crippen molar-refractivity contribution < 1.29 is 28.8 Å². The van der Waals surface area contributed by atoms with E-state index in [1.54, 1.807) is 84.9 Å². The van der Waals surface area contributed by atoms with Crippen LogP contribution in [0.2, 0.25) is 0 Å². The van der Waals surface area contributed by atoms with Gasteiger partial charge >= 0.3 is 0 Å². The minimum Gasteiger partial charge on any atom is -0.325 e. The van der Waals surface area contributed by atoms with Gasteiger partial charge in [0.2, 0.25) is 11.8 Å². The van der Waals surface area contributed by atoms with E-state index in [1.807, 2.05) is 60.7 Å². The molecule has 0 radical (unpaired) electrons. The van der Waals surface area contributed by atoms with E-state index in [0.29, 0.717) is 43.9 Å². The zero-order chi connectivity index (χ0) is 39.9. The van der Waals surface area contributed by atoms with Gasteiger partial charge in [0.1, 0.15) is 13.1 Å². The van der Waals surface area contributed by atoms with Crippen molar-refractivity contribution in [3.8, 4) is 0 Å². The zero-order valence-corrected chi connectivity index (χ0v) is 30.5. The summed E-state index contributed by atoms with van der Waals surface area (Å²) in [5.74, 6) is -3.23. The van der Waals surface area contributed by atoms with Crippen LogP contribution >= 0.6 is 0 Å². The normalized spacial score (nSPS) is 17.1. The predicted octanol–water partition coefficient (Wildman–Crippen LogP) is 3.42. The number of nitrogens with zero attached hydrogens (tertiary/aromatic N) is 4. The summed E-state index contributed by atoms with van der Waals surface area (Å²) in [5.41, 5.74) is 4.46. The van der Waals surface area contributed by atoms with Gasteiger partial charge in [-0.05, 0) is 60.7 Å². The second-order valence-corrected chi connectivity index (χ2v) is 13.7. The molecule has 12 nitrogen and oxygen atoms in total. The topological polar surface area (TPSA) is 158 Å². The molecule has 3 heterocycles. The van der Waals surface area contributed by atoms with Gasteiger partial charge in [-0.3, -0.25) is 38.6 Å². The molecule has 3 aliphatic rings. The van der Waals surface area contributed by atoms with Crippen molar-refractivity contribution in [2.45, 2.75) is 0 Å². The number of imide groups is 2. The van der Waals surface area contributed by atoms with E-state index < -0.39 is 48.5 Å². The molecular weight excluding hydrogens is 733 g/mol. The van der Waals surface area contributed by atoms with Gasteiger partial charge in [-0.2, -0.15) is 0 Å². The number of carbonyl (C=O) groups excluding carboxylic acids is 6. The SMILES string of the molecule is O=C(CN1C(=O)c2ccccc2C1=O)Nc1ccc2/c(c1)=C(c1ccccc1)\N=c1/ccc(NC(=O)CN3C(=O)c4ccccc4C3=O)c/c1=C(c1ccccc1)/N=2. The van der Waals surface area contributed by atoms with Gasteiger partial charge in [0, 0.05) is 32.9 Å². The molecule has 6 aromatic carbocycles. The maximum absolute atomic E-state index is 13.4. The third kappa shape index (κ3) is 6.43. The molecule has 3 aliphatic heterocycles. The molecule has 9 rings (SSSR count). The first-order valence-corrected chi connectivity index (χ1v) is 18.3. The van der Waals surface area contributed by atoms with Gasteiger partial charge in [0.05, 0.1) is 44.4 Å². The second kappa shape index (κ2) is 14.5. The Morgan fingerprint density at radius 3 is 1.10 bits per heavy atom. The summed E-state index contributed by atoms with van der Waals surface area (Å²) in [6, 6.07) is 42.3. The van der Waals surface area contributed by atoms with E-state index in [0.717, 1.165) is 20.9 Å². The maximum Gasteiger partial charge on any atom is 0.262 e. The van der Waals surface area contributed by atoms with E-state index in [9.17, 15) is 28.8 Å². The van der Waals surface area contributed by atoms with Crippen molar-refractivity contribution in [3.63, 3.8) is 0 Å². The summed E-state index contributed by atoms with van der Waals surface area (Å²) >= 11 is 0. The largest absolute Gasteiger partial charge is 0.325 e. The van der Waals surface area contributed by atoms with Crippen LogP contribution in [0, 0.1) is 0 Å². The molecule has 0 saturated heterocycles. The van der Waals surface area contributed by atoms with Crippen LogP contribution in [0.5, 0.6) is 0 Å². The predicted molar refractivity (Wildman–Crippen MR) is 213 cm³/mol. The van der Waals surface area contributed by atoms with Crippen molar-refractivity contribution in [1.29, 1.82) is 0 Å². The molecule has 280 valence electrons. The molecule has 2 N–H and O–H groups in total. The Balaban J connectivity index is 1.10. The standard InChI is InChI=1S/C46H30N6O6/c53-39(25-51-43(55)31-15-7-8-16-32(31)44(51)56)47-29-19-21-37-35(23-29)41(27-11-3-1-4-12-27)49-38-22-20-30(24-36(38)42(50-37)28-13-5-2-6-14-28)48-40(54)26-52-45(57)33-17-9-10-18-34(33)46(52)58/h1-24H,25-26H2,(H,47,53)(H,48,54)/b41-35-,42-36-,49-38+,49-41?,50-37+,50-42?. The summed E-state index contributed by atoms with van der Waals surface area (Å²) < 4.78 is 0. The van der Waals surface area contributed by atoms with Crippen molar-refractivity contribution in [1.82, 2.24) is 9.80 Å². The third-order valence-corrected chi connectivity index (χ3v) is 9.99. The Hall–Kier alpha value is -8.12. The van der Waals surface area contributed by atoms with E-state index >= 15 is 0 Å². The lowest BCUT2D eigenvalue weighted by Crippen LogP contribution is -2.38. The molecule has 0 aliphatic carbocycles. The molecule has 0 bridgehead atoms. The number of hydrogen-bond donors (Lipinski definition) is 2. The van der Waals surface area contributed by atoms with Gasteiger partial charge in [-0.25, -0.2) is 9.98 Å². The van der Waals surface area contributed by atoms with Crippen molar-refractivity contribution >= 4 is 58.2 Å². The van der Waals surface area contributed by atoms with Crippen molar-refractivity contribution in [3.05, 3.63) is 200 Å². The Kier molecular flexibility index (Phi) is 8.90. The Morgan fingerprint density at radius 2 is 0.759 bits per heavy atom. The highest BCUT2D eigenvalue weighted by molar-refractivity contribution is 6.23. The van der Waals surface area contributed by atoms with Crippen LogP contribution in [-0.2, 0) is 9.59 Å². The van der Waals surface area contributed by atoms with Crippen molar-refractivity contribution in [2.75, 3.05) is 23.7 Å². The van der Waals surface area contributed by atoms with E-state index in [2.05, 4.69) is 10.6 Å². The molecule has 0 fully saturated rings. The van der Waals surface area contributed by atoms with Crippen LogP contribution in [0.15, 0.2) is 156 Å². The molecule has 0 spiro atoms. The fraction of sp³-hybridized carbons (Fsp3) is 0.0435. The summed E-state index contributed by atoms with van der Waals surface area (Å²) in [4.78, 5) is 90.8. The summed E-state index contributed by atoms with van der Waals surface area (Å²) in [6.45, 7) is -0.937. The lowest BCUT2D eigenvalue weighted by atomic mass is 10.1. The number of benzene rings is 6. The molecule has 6 amide bonds. The Bertz CT molecular complexity index is 2760. The van der Waals surface area contributed by atoms with Crippen LogP contribution < -0.4 is 31.8 Å². The molecular formula is C46H30N6O6. The molecule has 58 heavy (non-hydrogen) atoms. The number of carbonyl (C=O) groups is 6. The third-order valence-electron chi connectivity index (χ3n) is 9.99. The van der Waals surface area contributed by atoms with Crippen LogP contribution in [0.25, 0.3) is 11.4 Å². The summed E-state index contributed by atoms with van der Waals surface area (Å²) in [6.07, 6.45) is 0. The molecule has 0 saturated carbocycles. The van der Waals surface area contributed by atoms with Crippen LogP contribution in [-0.4, -0.2) is 58.3 Å². The second-order valence-electron chi connectivity index (χ2n) is 13.7. The average Bonchev–Trinajstić information content (AvgIpc) is 3.62. The summed E-state index contributed by atoms with van der Waals surface area (Å²) in [7, 11) is 0. The van der Waals surface area contributed by atoms with Crippen LogP contribution in [0.1, 0.15) is 52.6 Å². The molecule has 0 aromatic heterocycles. The molecule has 6 aromatic rings. The fourth-order valence-electron chi connectivity index (χ4n) is 7.25. The first-order valence-electron chi connectivity index (χ1n) is 18.3. The van der Waals surface area contributed by atoms with Gasteiger partial charge in [-0.1, -0.05) is 84.9 Å². The highest BCUT2D eigenvalue weighted by Crippen LogP contribution is 2.24. The fourth-order valence-corrected chi connectivity index (χ4v) is 7.25. The number of amides is 6. The molecule has 12 heteroatoms. The number of nitrogens with one attached hydrogen (secondary N) is 2. The number of hydrogen-bond acceptors (Lipinski definition) is 8. The molecule has 0 unspecified atom stereocenters. The van der Waals surface area contributed by atoms with Crippen LogP contribution in [0.4, 0.5) is 11.4 Å². The smallest absolute Gasteiger partial charge is 0.262 e. The first kappa shape index (κ1) is 35.6. The minimum absolute atomic E-state index is 0.258. The van der Waals surface area contributed by atoms with Crippen molar-refractivity contribution in [2.24, 2.45) is 9.98 Å². The zero-order valence-electron chi connectivity index (χ0n) is 30.5. The van der Waals surface area contributed by atoms with Gasteiger partial charge in [0.15, 0.2) is 0 Å². The monoisotopic (exact) mass is 762 g/mol. The first-order chi connectivity index (χ1) is 28.2. The van der Waals surface area contributed by atoms with Gasteiger partial charge in [0.25, 0.3) is 23.6 Å². The lowest BCUT2D eigenvalue weighted by Gasteiger charge is -2.15. The number of rotatable bonds is 8. The lowest BCUT2D eigenvalue weighted by molar-refractivity contribution is -0.117. The van der Waals surface area contributed by atoms with Gasteiger partial charge < -0.3 is 10.6 Å². The Labute approximate surface area is 329 Å². The number of fused-ring (bicyclic) bond motifs is 4. The number of anilines is 2. The molecule has 0 atom stereocenters. The minimum atomic E-state index is -0.560. The quantitative estimate of drug-likeness (QED) is 0.227.